The van der Waals surface area contributed by atoms with Crippen LogP contribution in [0.1, 0.15) is 5.56 Å². The Balaban J connectivity index is 0.000000202. The molecule has 0 fully saturated rings. The first-order valence-corrected chi connectivity index (χ1v) is 7.09. The highest BCUT2D eigenvalue weighted by Crippen LogP contribution is 2.08. The summed E-state index contributed by atoms with van der Waals surface area (Å²) in [6, 6.07) is 5.99. The summed E-state index contributed by atoms with van der Waals surface area (Å²) < 4.78 is 32.5. The number of rotatable bonds is 1. The van der Waals surface area contributed by atoms with Crippen LogP contribution in [-0.2, 0) is 10.1 Å². The maximum Gasteiger partial charge on any atom is 0.294 e. The number of hydrogen-bond acceptors (Lipinski definition) is 4. The van der Waals surface area contributed by atoms with Crippen molar-refractivity contribution in [3.63, 3.8) is 0 Å². The van der Waals surface area contributed by atoms with Gasteiger partial charge >= 0.3 is 0 Å². The van der Waals surface area contributed by atoms with Crippen LogP contribution >= 0.6 is 11.9 Å². The van der Waals surface area contributed by atoms with Gasteiger partial charge in [-0.15, -0.1) is 0 Å². The summed E-state index contributed by atoms with van der Waals surface area (Å²) in [5.74, 6) is 0. The van der Waals surface area contributed by atoms with Gasteiger partial charge in [0.05, 0.1) is 4.90 Å². The van der Waals surface area contributed by atoms with E-state index in [0.29, 0.717) is 0 Å². The smallest absolute Gasteiger partial charge is 0.294 e. The molecule has 1 heterocycles. The number of allylic oxidation sites excluding steroid dienone is 2. The first-order valence-electron chi connectivity index (χ1n) is 4.77. The lowest BCUT2D eigenvalue weighted by Crippen LogP contribution is -1.96. The monoisotopic (exact) mass is 271 g/mol. The highest BCUT2D eigenvalue weighted by Gasteiger charge is 2.06. The van der Waals surface area contributed by atoms with Crippen LogP contribution in [0.3, 0.4) is 0 Å². The number of benzene rings is 1. The van der Waals surface area contributed by atoms with Crippen LogP contribution in [-0.4, -0.2) is 13.0 Å². The predicted octanol–water partition coefficient (Wildman–Crippen LogP) is 2.51. The Labute approximate surface area is 105 Å². The van der Waals surface area contributed by atoms with Crippen LogP contribution in [0, 0.1) is 6.92 Å². The van der Waals surface area contributed by atoms with Crippen LogP contribution in [0.2, 0.25) is 0 Å². The molecule has 2 rings (SSSR count). The van der Waals surface area contributed by atoms with E-state index in [1.165, 1.54) is 12.1 Å². The first-order chi connectivity index (χ1) is 8.00. The van der Waals surface area contributed by atoms with Crippen molar-refractivity contribution in [3.8, 4) is 0 Å². The minimum absolute atomic E-state index is 0.0666. The molecule has 6 heteroatoms. The fraction of sp³-hybridized carbons (Fsp3) is 0.0909. The van der Waals surface area contributed by atoms with Crippen molar-refractivity contribution in [1.82, 2.24) is 4.72 Å². The predicted molar refractivity (Wildman–Crippen MR) is 70.0 cm³/mol. The van der Waals surface area contributed by atoms with Crippen LogP contribution in [0.15, 0.2) is 52.9 Å². The summed E-state index contributed by atoms with van der Waals surface area (Å²) in [7, 11) is -4.02. The van der Waals surface area contributed by atoms with E-state index in [1.54, 1.807) is 24.1 Å². The van der Waals surface area contributed by atoms with Crippen LogP contribution < -0.4 is 4.72 Å². The van der Waals surface area contributed by atoms with Gasteiger partial charge in [-0.1, -0.05) is 23.8 Å². The summed E-state index contributed by atoms with van der Waals surface area (Å²) in [6.07, 6.45) is 5.84. The van der Waals surface area contributed by atoms with Gasteiger partial charge in [-0.05, 0) is 42.5 Å². The van der Waals surface area contributed by atoms with Gasteiger partial charge in [-0.3, -0.25) is 4.55 Å². The summed E-state index contributed by atoms with van der Waals surface area (Å²) in [4.78, 5) is -0.0666. The van der Waals surface area contributed by atoms with Crippen molar-refractivity contribution < 1.29 is 13.0 Å². The molecule has 0 atom stereocenters. The fourth-order valence-corrected chi connectivity index (χ4v) is 1.85. The number of hydrogen-bond donors (Lipinski definition) is 2. The molecule has 0 spiro atoms. The van der Waals surface area contributed by atoms with Crippen molar-refractivity contribution in [3.05, 3.63) is 53.6 Å². The Hall–Kier alpha value is -1.24. The molecular formula is C11H13NO3S2. The second-order valence-corrected chi connectivity index (χ2v) is 5.38. The van der Waals surface area contributed by atoms with Gasteiger partial charge in [-0.2, -0.15) is 8.42 Å². The van der Waals surface area contributed by atoms with Crippen LogP contribution in [0.5, 0.6) is 0 Å². The second kappa shape index (κ2) is 6.48. The van der Waals surface area contributed by atoms with Gasteiger partial charge in [0.15, 0.2) is 0 Å². The molecule has 0 aliphatic carbocycles. The molecule has 92 valence electrons. The first kappa shape index (κ1) is 13.8. The summed E-state index contributed by atoms with van der Waals surface area (Å²) in [5.41, 5.74) is 0.956. The van der Waals surface area contributed by atoms with Gasteiger partial charge in [0.1, 0.15) is 0 Å². The number of aryl methyl sites for hydroxylation is 1. The topological polar surface area (TPSA) is 66.4 Å². The maximum atomic E-state index is 10.5. The van der Waals surface area contributed by atoms with Crippen molar-refractivity contribution in [2.45, 2.75) is 11.8 Å². The van der Waals surface area contributed by atoms with E-state index < -0.39 is 10.1 Å². The molecule has 0 amide bonds. The van der Waals surface area contributed by atoms with Crippen molar-refractivity contribution in [2.75, 3.05) is 0 Å². The van der Waals surface area contributed by atoms with Crippen LogP contribution in [0.4, 0.5) is 0 Å². The molecule has 0 bridgehead atoms. The largest absolute Gasteiger partial charge is 0.333 e. The summed E-state index contributed by atoms with van der Waals surface area (Å²) >= 11 is 1.58. The molecule has 1 aliphatic rings. The van der Waals surface area contributed by atoms with Gasteiger partial charge < -0.3 is 4.72 Å². The third-order valence-electron chi connectivity index (χ3n) is 1.81. The molecule has 1 aromatic rings. The number of nitrogens with one attached hydrogen (secondary N) is 1. The molecule has 0 saturated carbocycles. The third-order valence-corrected chi connectivity index (χ3v) is 3.24. The average Bonchev–Trinajstić information content (AvgIpc) is 2.31. The lowest BCUT2D eigenvalue weighted by molar-refractivity contribution is 0.483. The Morgan fingerprint density at radius 3 is 2.12 bits per heavy atom. The lowest BCUT2D eigenvalue weighted by atomic mass is 10.2. The zero-order valence-corrected chi connectivity index (χ0v) is 10.8. The lowest BCUT2D eigenvalue weighted by Gasteiger charge is -1.95. The van der Waals surface area contributed by atoms with E-state index in [-0.39, 0.29) is 4.90 Å². The van der Waals surface area contributed by atoms with Gasteiger partial charge in [0.25, 0.3) is 10.1 Å². The summed E-state index contributed by atoms with van der Waals surface area (Å²) in [6.45, 7) is 1.84. The minimum Gasteiger partial charge on any atom is -0.333 e. The third kappa shape index (κ3) is 5.58. The van der Waals surface area contributed by atoms with E-state index in [2.05, 4.69) is 4.72 Å². The van der Waals surface area contributed by atoms with E-state index in [0.717, 1.165) is 5.56 Å². The second-order valence-electron chi connectivity index (χ2n) is 3.21. The average molecular weight is 271 g/mol. The van der Waals surface area contributed by atoms with E-state index in [4.69, 9.17) is 4.55 Å². The van der Waals surface area contributed by atoms with E-state index in [1.807, 2.05) is 30.7 Å². The standard InChI is InChI=1S/C7H8O3S.C4H5NS/c1-6-2-4-7(5-3-6)11(8,9)10;1-2-4-6-5-3-1/h2-5H,1H3,(H,8,9,10);1-5H. The molecule has 1 aromatic carbocycles. The highest BCUT2D eigenvalue weighted by atomic mass is 32.2. The van der Waals surface area contributed by atoms with Crippen molar-refractivity contribution >= 4 is 22.1 Å². The van der Waals surface area contributed by atoms with E-state index >= 15 is 0 Å². The molecule has 0 radical (unpaired) electrons. The molecular weight excluding hydrogens is 258 g/mol. The van der Waals surface area contributed by atoms with Gasteiger partial charge in [-0.25, -0.2) is 0 Å². The fourth-order valence-electron chi connectivity index (χ4n) is 0.968. The Bertz CT molecular complexity index is 492. The molecule has 2 N–H and O–H groups in total. The SMILES string of the molecule is C1=CNSC=C1.Cc1ccc(S(=O)(=O)O)cc1. The zero-order valence-electron chi connectivity index (χ0n) is 9.20. The molecule has 0 saturated heterocycles. The molecule has 0 unspecified atom stereocenters. The van der Waals surface area contributed by atoms with Crippen molar-refractivity contribution in [1.29, 1.82) is 0 Å². The Morgan fingerprint density at radius 2 is 1.82 bits per heavy atom. The molecule has 1 aliphatic heterocycles. The van der Waals surface area contributed by atoms with E-state index in [9.17, 15) is 8.42 Å². The summed E-state index contributed by atoms with van der Waals surface area (Å²) in [5, 5.41) is 1.99. The Morgan fingerprint density at radius 1 is 1.18 bits per heavy atom. The highest BCUT2D eigenvalue weighted by molar-refractivity contribution is 8.00. The Kier molecular flexibility index (Phi) is 5.27. The van der Waals surface area contributed by atoms with Crippen LogP contribution in [0.25, 0.3) is 0 Å². The van der Waals surface area contributed by atoms with Gasteiger partial charge in [0.2, 0.25) is 0 Å². The molecule has 17 heavy (non-hydrogen) atoms. The quantitative estimate of drug-likeness (QED) is 0.607. The minimum atomic E-state index is -4.02. The normalized spacial score (nSPS) is 13.5. The van der Waals surface area contributed by atoms with Crippen molar-refractivity contribution in [2.24, 2.45) is 0 Å². The molecule has 4 nitrogen and oxygen atoms in total. The maximum absolute atomic E-state index is 10.5. The van der Waals surface area contributed by atoms with Gasteiger partial charge in [0, 0.05) is 6.20 Å². The zero-order chi connectivity index (χ0) is 12.7. The molecule has 0 aromatic heterocycles.